The van der Waals surface area contributed by atoms with Crippen LogP contribution in [0.25, 0.3) is 0 Å². The van der Waals surface area contributed by atoms with Gasteiger partial charge in [0.05, 0.1) is 10.5 Å². The Morgan fingerprint density at radius 2 is 1.95 bits per heavy atom. The van der Waals surface area contributed by atoms with Crippen molar-refractivity contribution in [1.82, 2.24) is 4.72 Å². The first-order valence-corrected chi connectivity index (χ1v) is 8.79. The maximum Gasteiger partial charge on any atom is 0.240 e. The van der Waals surface area contributed by atoms with E-state index in [2.05, 4.69) is 17.0 Å². The minimum absolute atomic E-state index is 0.118. The summed E-state index contributed by atoms with van der Waals surface area (Å²) in [5.41, 5.74) is 0.777. The minimum Gasteiger partial charge on any atom is -0.382 e. The highest BCUT2D eigenvalue weighted by molar-refractivity contribution is 7.89. The molecule has 1 aliphatic rings. The predicted molar refractivity (Wildman–Crippen MR) is 84.0 cm³/mol. The third kappa shape index (κ3) is 4.43. The van der Waals surface area contributed by atoms with Gasteiger partial charge in [0, 0.05) is 24.9 Å². The van der Waals surface area contributed by atoms with Crippen molar-refractivity contribution in [2.24, 2.45) is 0 Å². The topological polar surface area (TPSA) is 67.4 Å². The van der Waals surface area contributed by atoms with E-state index in [1.165, 1.54) is 0 Å². The van der Waals surface area contributed by atoms with E-state index in [1.54, 1.807) is 38.1 Å². The second-order valence-electron chi connectivity index (χ2n) is 6.06. The molecule has 1 heterocycles. The highest BCUT2D eigenvalue weighted by Gasteiger charge is 2.29. The van der Waals surface area contributed by atoms with Crippen LogP contribution in [0.3, 0.4) is 0 Å². The molecule has 0 radical (unpaired) electrons. The lowest BCUT2D eigenvalue weighted by Crippen LogP contribution is -2.32. The normalized spacial score (nSPS) is 22.7. The number of anilines is 1. The van der Waals surface area contributed by atoms with Crippen molar-refractivity contribution < 1.29 is 13.2 Å². The van der Waals surface area contributed by atoms with Gasteiger partial charge < -0.3 is 10.1 Å². The van der Waals surface area contributed by atoms with Gasteiger partial charge in [-0.2, -0.15) is 0 Å². The van der Waals surface area contributed by atoms with Crippen LogP contribution in [0.5, 0.6) is 0 Å². The summed E-state index contributed by atoms with van der Waals surface area (Å²) in [4.78, 5) is 0.282. The molecule has 5 nitrogen and oxygen atoms in total. The van der Waals surface area contributed by atoms with E-state index in [9.17, 15) is 8.42 Å². The van der Waals surface area contributed by atoms with Gasteiger partial charge in [0.2, 0.25) is 10.0 Å². The Morgan fingerprint density at radius 3 is 2.48 bits per heavy atom. The van der Waals surface area contributed by atoms with Gasteiger partial charge in [-0.3, -0.25) is 0 Å². The fraction of sp³-hybridized carbons (Fsp3) is 0.600. The largest absolute Gasteiger partial charge is 0.382 e. The fourth-order valence-corrected chi connectivity index (χ4v) is 3.65. The van der Waals surface area contributed by atoms with E-state index in [0.29, 0.717) is 0 Å². The Morgan fingerprint density at radius 1 is 1.29 bits per heavy atom. The van der Waals surface area contributed by atoms with E-state index in [1.807, 2.05) is 0 Å². The molecular formula is C15H24N2O3S. The van der Waals surface area contributed by atoms with Crippen LogP contribution in [0.2, 0.25) is 0 Å². The molecule has 1 saturated heterocycles. The lowest BCUT2D eigenvalue weighted by molar-refractivity contribution is 0.0315. The van der Waals surface area contributed by atoms with Gasteiger partial charge >= 0.3 is 0 Å². The summed E-state index contributed by atoms with van der Waals surface area (Å²) in [6.45, 7) is 7.24. The van der Waals surface area contributed by atoms with Crippen molar-refractivity contribution in [2.75, 3.05) is 18.5 Å². The Kier molecular flexibility index (Phi) is 4.91. The molecule has 1 atom stereocenters. The van der Waals surface area contributed by atoms with Gasteiger partial charge in [-0.25, -0.2) is 13.1 Å². The van der Waals surface area contributed by atoms with E-state index >= 15 is 0 Å². The van der Waals surface area contributed by atoms with Crippen molar-refractivity contribution in [1.29, 1.82) is 0 Å². The van der Waals surface area contributed by atoms with Crippen LogP contribution in [0.1, 0.15) is 33.6 Å². The molecule has 0 spiro atoms. The molecule has 6 heteroatoms. The zero-order valence-corrected chi connectivity index (χ0v) is 13.7. The molecule has 1 fully saturated rings. The first-order chi connectivity index (χ1) is 9.81. The number of ether oxygens (including phenoxy) is 1. The van der Waals surface area contributed by atoms with E-state index in [4.69, 9.17) is 4.74 Å². The predicted octanol–water partition coefficient (Wildman–Crippen LogP) is 2.35. The standard InChI is InChI=1S/C15H24N2O3S/c1-12(2)17-21(18,19)14-7-5-13(6-8-14)16-11-15(3)9-4-10-20-15/h5-8,12,16-17H,4,9-11H2,1-3H3. The van der Waals surface area contributed by atoms with Crippen LogP contribution >= 0.6 is 0 Å². The molecule has 0 aliphatic carbocycles. The first kappa shape index (κ1) is 16.3. The van der Waals surface area contributed by atoms with E-state index in [-0.39, 0.29) is 16.5 Å². The zero-order valence-electron chi connectivity index (χ0n) is 12.8. The third-order valence-electron chi connectivity index (χ3n) is 3.52. The summed E-state index contributed by atoms with van der Waals surface area (Å²) in [6.07, 6.45) is 2.14. The van der Waals surface area contributed by atoms with Crippen molar-refractivity contribution in [3.63, 3.8) is 0 Å². The van der Waals surface area contributed by atoms with E-state index < -0.39 is 10.0 Å². The monoisotopic (exact) mass is 312 g/mol. The Balaban J connectivity index is 1.99. The Labute approximate surface area is 127 Å². The molecule has 2 N–H and O–H groups in total. The zero-order chi connectivity index (χ0) is 15.5. The minimum atomic E-state index is -3.42. The maximum absolute atomic E-state index is 12.0. The average Bonchev–Trinajstić information content (AvgIpc) is 2.83. The van der Waals surface area contributed by atoms with Crippen molar-refractivity contribution >= 4 is 15.7 Å². The summed E-state index contributed by atoms with van der Waals surface area (Å²) in [5.74, 6) is 0. The lowest BCUT2D eigenvalue weighted by Gasteiger charge is -2.24. The molecular weight excluding hydrogens is 288 g/mol. The average molecular weight is 312 g/mol. The third-order valence-corrected chi connectivity index (χ3v) is 5.20. The number of hydrogen-bond acceptors (Lipinski definition) is 4. The van der Waals surface area contributed by atoms with Crippen LogP contribution in [-0.2, 0) is 14.8 Å². The maximum atomic E-state index is 12.0. The van der Waals surface area contributed by atoms with Crippen LogP contribution < -0.4 is 10.0 Å². The molecule has 1 aliphatic heterocycles. The van der Waals surface area contributed by atoms with Crippen molar-refractivity contribution in [3.8, 4) is 0 Å². The fourth-order valence-electron chi connectivity index (χ4n) is 2.40. The molecule has 0 aromatic heterocycles. The molecule has 0 amide bonds. The van der Waals surface area contributed by atoms with Crippen LogP contribution in [0.4, 0.5) is 5.69 Å². The van der Waals surface area contributed by atoms with Crippen LogP contribution in [0, 0.1) is 0 Å². The molecule has 118 valence electrons. The molecule has 1 unspecified atom stereocenters. The Bertz CT molecular complexity index is 561. The van der Waals surface area contributed by atoms with Crippen molar-refractivity contribution in [3.05, 3.63) is 24.3 Å². The number of benzene rings is 1. The number of hydrogen-bond donors (Lipinski definition) is 2. The number of rotatable bonds is 6. The van der Waals surface area contributed by atoms with Gasteiger partial charge in [-0.05, 0) is 57.9 Å². The van der Waals surface area contributed by atoms with Crippen LogP contribution in [0.15, 0.2) is 29.2 Å². The van der Waals surface area contributed by atoms with Crippen LogP contribution in [-0.4, -0.2) is 33.2 Å². The summed E-state index contributed by atoms with van der Waals surface area (Å²) >= 11 is 0. The molecule has 2 rings (SSSR count). The van der Waals surface area contributed by atoms with Gasteiger partial charge in [0.1, 0.15) is 0 Å². The molecule has 21 heavy (non-hydrogen) atoms. The van der Waals surface area contributed by atoms with Gasteiger partial charge in [0.25, 0.3) is 0 Å². The van der Waals surface area contributed by atoms with Gasteiger partial charge in [-0.15, -0.1) is 0 Å². The second kappa shape index (κ2) is 6.34. The molecule has 1 aromatic carbocycles. The van der Waals surface area contributed by atoms with Gasteiger partial charge in [0.15, 0.2) is 0 Å². The number of sulfonamides is 1. The molecule has 0 bridgehead atoms. The lowest BCUT2D eigenvalue weighted by atomic mass is 10.0. The second-order valence-corrected chi connectivity index (χ2v) is 7.77. The smallest absolute Gasteiger partial charge is 0.240 e. The summed E-state index contributed by atoms with van der Waals surface area (Å²) in [6, 6.07) is 6.68. The Hall–Kier alpha value is -1.11. The van der Waals surface area contributed by atoms with E-state index in [0.717, 1.165) is 31.7 Å². The quantitative estimate of drug-likeness (QED) is 0.846. The highest BCUT2D eigenvalue weighted by atomic mass is 32.2. The highest BCUT2D eigenvalue weighted by Crippen LogP contribution is 2.25. The van der Waals surface area contributed by atoms with Gasteiger partial charge in [-0.1, -0.05) is 0 Å². The van der Waals surface area contributed by atoms with Crippen molar-refractivity contribution in [2.45, 2.75) is 50.2 Å². The number of nitrogens with one attached hydrogen (secondary N) is 2. The first-order valence-electron chi connectivity index (χ1n) is 7.31. The summed E-state index contributed by atoms with van der Waals surface area (Å²) in [7, 11) is -3.42. The molecule has 0 saturated carbocycles. The SMILES string of the molecule is CC(C)NS(=O)(=O)c1ccc(NCC2(C)CCCO2)cc1. The summed E-state index contributed by atoms with van der Waals surface area (Å²) in [5, 5.41) is 3.31. The molecule has 1 aromatic rings. The summed E-state index contributed by atoms with van der Waals surface area (Å²) < 4.78 is 32.3.